The van der Waals surface area contributed by atoms with Gasteiger partial charge in [-0.05, 0) is 51.4 Å². The first kappa shape index (κ1) is 28.4. The van der Waals surface area contributed by atoms with E-state index in [2.05, 4.69) is 24.1 Å². The smallest absolute Gasteiger partial charge is 0.348 e. The average Bonchev–Trinajstić information content (AvgIpc) is 3.08. The van der Waals surface area contributed by atoms with E-state index in [1.54, 1.807) is 20.8 Å². The SMILES string of the molecule is CCCCCCN(CCCCCC)C(=S)Nc1sc(C(=O)OCC)c(C)c1C(=O)OCC. The molecule has 6 nitrogen and oxygen atoms in total. The normalized spacial score (nSPS) is 10.7. The Balaban J connectivity index is 3.07. The van der Waals surface area contributed by atoms with Gasteiger partial charge in [-0.3, -0.25) is 0 Å². The number of hydrogen-bond acceptors (Lipinski definition) is 6. The molecule has 0 radical (unpaired) electrons. The van der Waals surface area contributed by atoms with Crippen LogP contribution in [-0.4, -0.2) is 48.3 Å². The first-order chi connectivity index (χ1) is 15.4. The van der Waals surface area contributed by atoms with Crippen molar-refractivity contribution in [2.75, 3.05) is 31.6 Å². The number of anilines is 1. The minimum absolute atomic E-state index is 0.258. The van der Waals surface area contributed by atoms with Crippen LogP contribution in [0.15, 0.2) is 0 Å². The standard InChI is InChI=1S/C24H40N2O4S2/c1-6-10-12-14-16-26(17-15-13-11-7-2)24(31)25-21-19(22(27)29-8-3)18(5)20(32-21)23(28)30-9-4/h6-17H2,1-5H3,(H,25,31). The molecule has 8 heteroatoms. The summed E-state index contributed by atoms with van der Waals surface area (Å²) in [4.78, 5) is 27.6. The number of nitrogens with one attached hydrogen (secondary N) is 1. The summed E-state index contributed by atoms with van der Waals surface area (Å²) in [6, 6.07) is 0. The zero-order chi connectivity index (χ0) is 23.9. The van der Waals surface area contributed by atoms with Crippen LogP contribution in [0.2, 0.25) is 0 Å². The molecule has 0 amide bonds. The van der Waals surface area contributed by atoms with Crippen LogP contribution in [0.25, 0.3) is 0 Å². The van der Waals surface area contributed by atoms with Crippen molar-refractivity contribution in [2.24, 2.45) is 0 Å². The maximum absolute atomic E-state index is 12.7. The fraction of sp³-hybridized carbons (Fsp3) is 0.708. The van der Waals surface area contributed by atoms with E-state index in [-0.39, 0.29) is 13.2 Å². The molecule has 32 heavy (non-hydrogen) atoms. The number of rotatable bonds is 15. The Morgan fingerprint density at radius 2 is 1.41 bits per heavy atom. The molecule has 0 aliphatic carbocycles. The first-order valence-electron chi connectivity index (χ1n) is 11.9. The quantitative estimate of drug-likeness (QED) is 0.171. The molecule has 0 fully saturated rings. The van der Waals surface area contributed by atoms with Gasteiger partial charge in [-0.2, -0.15) is 0 Å². The van der Waals surface area contributed by atoms with Crippen molar-refractivity contribution < 1.29 is 19.1 Å². The third kappa shape index (κ3) is 9.06. The fourth-order valence-electron chi connectivity index (χ4n) is 3.39. The van der Waals surface area contributed by atoms with Crippen molar-refractivity contribution in [2.45, 2.75) is 86.0 Å². The largest absolute Gasteiger partial charge is 0.462 e. The molecule has 182 valence electrons. The number of thiophene rings is 1. The lowest BCUT2D eigenvalue weighted by Crippen LogP contribution is -2.36. The summed E-state index contributed by atoms with van der Waals surface area (Å²) in [7, 11) is 0. The minimum atomic E-state index is -0.459. The third-order valence-corrected chi connectivity index (χ3v) is 6.71. The van der Waals surface area contributed by atoms with Gasteiger partial charge in [0.15, 0.2) is 5.11 Å². The van der Waals surface area contributed by atoms with Gasteiger partial charge in [0, 0.05) is 13.1 Å². The molecule has 0 unspecified atom stereocenters. The summed E-state index contributed by atoms with van der Waals surface area (Å²) >= 11 is 6.94. The zero-order valence-corrected chi connectivity index (χ0v) is 22.0. The second-order valence-electron chi connectivity index (χ2n) is 7.74. The lowest BCUT2D eigenvalue weighted by atomic mass is 10.1. The van der Waals surface area contributed by atoms with Crippen molar-refractivity contribution in [3.63, 3.8) is 0 Å². The number of esters is 2. The highest BCUT2D eigenvalue weighted by Gasteiger charge is 2.27. The summed E-state index contributed by atoms with van der Waals surface area (Å²) in [6.07, 6.45) is 9.29. The second kappa shape index (κ2) is 16.0. The van der Waals surface area contributed by atoms with Gasteiger partial charge in [0.05, 0.1) is 18.8 Å². The van der Waals surface area contributed by atoms with Crippen LogP contribution in [0.1, 0.15) is 105 Å². The molecule has 0 spiro atoms. The van der Waals surface area contributed by atoms with Crippen LogP contribution in [0.4, 0.5) is 5.00 Å². The minimum Gasteiger partial charge on any atom is -0.462 e. The lowest BCUT2D eigenvalue weighted by molar-refractivity contribution is 0.0527. The molecule has 1 aromatic heterocycles. The van der Waals surface area contributed by atoms with E-state index in [0.717, 1.165) is 25.9 Å². The van der Waals surface area contributed by atoms with E-state index >= 15 is 0 Å². The van der Waals surface area contributed by atoms with Crippen molar-refractivity contribution in [3.8, 4) is 0 Å². The maximum atomic E-state index is 12.7. The highest BCUT2D eigenvalue weighted by Crippen LogP contribution is 2.34. The molecule has 1 N–H and O–H groups in total. The molecule has 0 atom stereocenters. The molecule has 0 aliphatic heterocycles. The highest BCUT2D eigenvalue weighted by molar-refractivity contribution is 7.80. The Labute approximate surface area is 203 Å². The lowest BCUT2D eigenvalue weighted by Gasteiger charge is -2.26. The van der Waals surface area contributed by atoms with E-state index in [4.69, 9.17) is 21.7 Å². The monoisotopic (exact) mass is 484 g/mol. The molecule has 0 saturated carbocycles. The number of hydrogen-bond donors (Lipinski definition) is 1. The summed E-state index contributed by atoms with van der Waals surface area (Å²) in [5.41, 5.74) is 0.925. The Hall–Kier alpha value is -1.67. The molecule has 1 rings (SSSR count). The van der Waals surface area contributed by atoms with Crippen LogP contribution in [0.5, 0.6) is 0 Å². The number of nitrogens with zero attached hydrogens (tertiary/aromatic N) is 1. The number of thiocarbonyl (C=S) groups is 1. The summed E-state index contributed by atoms with van der Waals surface area (Å²) in [5.74, 6) is -0.893. The van der Waals surface area contributed by atoms with Crippen molar-refractivity contribution >= 4 is 45.6 Å². The molecule has 0 aliphatic rings. The molecular weight excluding hydrogens is 444 g/mol. The molecule has 1 aromatic rings. The fourth-order valence-corrected chi connectivity index (χ4v) is 4.83. The summed E-state index contributed by atoms with van der Waals surface area (Å²) in [6.45, 7) is 12.0. The van der Waals surface area contributed by atoms with Gasteiger partial charge < -0.3 is 19.7 Å². The average molecular weight is 485 g/mol. The Kier molecular flexibility index (Phi) is 14.2. The van der Waals surface area contributed by atoms with E-state index in [1.807, 2.05) is 0 Å². The van der Waals surface area contributed by atoms with Gasteiger partial charge in [0.2, 0.25) is 0 Å². The third-order valence-electron chi connectivity index (χ3n) is 5.16. The second-order valence-corrected chi connectivity index (χ2v) is 9.15. The van der Waals surface area contributed by atoms with Crippen molar-refractivity contribution in [1.29, 1.82) is 0 Å². The Morgan fingerprint density at radius 1 is 0.875 bits per heavy atom. The molecule has 1 heterocycles. The number of ether oxygens (including phenoxy) is 2. The number of unbranched alkanes of at least 4 members (excludes halogenated alkanes) is 6. The Bertz CT molecular complexity index is 722. The Morgan fingerprint density at radius 3 is 1.91 bits per heavy atom. The van der Waals surface area contributed by atoms with E-state index in [0.29, 0.717) is 26.1 Å². The highest BCUT2D eigenvalue weighted by atomic mass is 32.1. The molecule has 0 saturated heterocycles. The van der Waals surface area contributed by atoms with Gasteiger partial charge >= 0.3 is 11.9 Å². The van der Waals surface area contributed by atoms with Gasteiger partial charge in [0.1, 0.15) is 9.88 Å². The van der Waals surface area contributed by atoms with E-state index < -0.39 is 11.9 Å². The topological polar surface area (TPSA) is 67.9 Å². The van der Waals surface area contributed by atoms with Crippen molar-refractivity contribution in [1.82, 2.24) is 4.90 Å². The predicted octanol–water partition coefficient (Wildman–Crippen LogP) is 6.57. The number of carbonyl (C=O) groups is 2. The van der Waals surface area contributed by atoms with Gasteiger partial charge in [-0.25, -0.2) is 9.59 Å². The zero-order valence-electron chi connectivity index (χ0n) is 20.4. The first-order valence-corrected chi connectivity index (χ1v) is 13.2. The van der Waals surface area contributed by atoms with Crippen molar-refractivity contribution in [3.05, 3.63) is 16.0 Å². The van der Waals surface area contributed by atoms with E-state index in [1.165, 1.54) is 49.9 Å². The number of carbonyl (C=O) groups excluding carboxylic acids is 2. The maximum Gasteiger partial charge on any atom is 0.348 e. The molecule has 0 bridgehead atoms. The summed E-state index contributed by atoms with van der Waals surface area (Å²) in [5, 5.41) is 4.38. The van der Waals surface area contributed by atoms with Gasteiger partial charge in [-0.1, -0.05) is 52.4 Å². The van der Waals surface area contributed by atoms with Crippen LogP contribution >= 0.6 is 23.6 Å². The van der Waals surface area contributed by atoms with Crippen LogP contribution in [0.3, 0.4) is 0 Å². The van der Waals surface area contributed by atoms with Crippen LogP contribution in [-0.2, 0) is 9.47 Å². The van der Waals surface area contributed by atoms with Gasteiger partial charge in [-0.15, -0.1) is 11.3 Å². The van der Waals surface area contributed by atoms with Crippen LogP contribution < -0.4 is 5.32 Å². The van der Waals surface area contributed by atoms with Gasteiger partial charge in [0.25, 0.3) is 0 Å². The molecule has 0 aromatic carbocycles. The molecular formula is C24H40N2O4S2. The summed E-state index contributed by atoms with van der Waals surface area (Å²) < 4.78 is 10.4. The van der Waals surface area contributed by atoms with E-state index in [9.17, 15) is 9.59 Å². The van der Waals surface area contributed by atoms with Crippen LogP contribution in [0, 0.1) is 6.92 Å². The predicted molar refractivity (Wildman–Crippen MR) is 137 cm³/mol.